The van der Waals surface area contributed by atoms with Gasteiger partial charge in [0.05, 0.1) is 73.8 Å². The molecule has 8 nitrogen and oxygen atoms in total. The lowest BCUT2D eigenvalue weighted by molar-refractivity contribution is 0.436. The van der Waals surface area contributed by atoms with Crippen LogP contribution in [0.1, 0.15) is 27.8 Å². The second kappa shape index (κ2) is 13.5. The molecular formula is C60H34N6O2. The number of para-hydroxylation sites is 6. The fourth-order valence-corrected chi connectivity index (χ4v) is 11.5. The average molecular weight is 871 g/mol. The van der Waals surface area contributed by atoms with Gasteiger partial charge in [-0.25, -0.2) is 0 Å². The van der Waals surface area contributed by atoms with Crippen molar-refractivity contribution >= 4 is 60.7 Å². The molecule has 0 saturated carbocycles. The normalized spacial score (nSPS) is 15.0. The lowest BCUT2D eigenvalue weighted by Gasteiger charge is -2.39. The molecule has 12 aromatic rings. The van der Waals surface area contributed by atoms with Gasteiger partial charge in [-0.05, 0) is 90.5 Å². The molecule has 0 saturated heterocycles. The SMILES string of the molecule is N#Cc1ccc2c(c1)Oc1ccccc1N2c1ccc2c(c1)c1ccccc1n2-c1ccc2c(c1)Oc1ccccc1C21c2cccnc2-c2ncc(-n3c4ccccc4c4ccccc43)cc21. The van der Waals surface area contributed by atoms with Gasteiger partial charge in [-0.1, -0.05) is 97.1 Å². The van der Waals surface area contributed by atoms with Crippen LogP contribution in [0.4, 0.5) is 17.1 Å². The first kappa shape index (κ1) is 36.8. The predicted octanol–water partition coefficient (Wildman–Crippen LogP) is 14.6. The zero-order chi connectivity index (χ0) is 44.7. The van der Waals surface area contributed by atoms with Gasteiger partial charge in [0.2, 0.25) is 0 Å². The Morgan fingerprint density at radius 1 is 0.412 bits per heavy atom. The molecule has 0 N–H and O–H groups in total. The Bertz CT molecular complexity index is 4160. The molecule has 68 heavy (non-hydrogen) atoms. The van der Waals surface area contributed by atoms with Crippen LogP contribution in [0.25, 0.3) is 66.4 Å². The maximum atomic E-state index is 9.74. The lowest BCUT2D eigenvalue weighted by atomic mass is 9.66. The molecule has 0 amide bonds. The number of benzene rings is 8. The molecule has 6 heterocycles. The summed E-state index contributed by atoms with van der Waals surface area (Å²) < 4.78 is 18.1. The van der Waals surface area contributed by atoms with Crippen molar-refractivity contribution in [3.8, 4) is 51.8 Å². The van der Waals surface area contributed by atoms with Crippen LogP contribution in [0.3, 0.4) is 0 Å². The van der Waals surface area contributed by atoms with Crippen LogP contribution in [0, 0.1) is 11.3 Å². The molecule has 4 aromatic heterocycles. The first-order chi connectivity index (χ1) is 33.7. The van der Waals surface area contributed by atoms with E-state index < -0.39 is 5.41 Å². The van der Waals surface area contributed by atoms with Crippen LogP contribution >= 0.6 is 0 Å². The molecule has 3 aliphatic rings. The van der Waals surface area contributed by atoms with Gasteiger partial charge in [-0.15, -0.1) is 0 Å². The maximum Gasteiger partial charge on any atom is 0.152 e. The summed E-state index contributed by atoms with van der Waals surface area (Å²) in [5.41, 5.74) is 14.9. The Balaban J connectivity index is 0.938. The van der Waals surface area contributed by atoms with E-state index in [1.807, 2.05) is 60.9 Å². The summed E-state index contributed by atoms with van der Waals surface area (Å²) in [4.78, 5) is 12.6. The summed E-state index contributed by atoms with van der Waals surface area (Å²) in [6.07, 6.45) is 3.87. The second-order valence-corrected chi connectivity index (χ2v) is 17.6. The maximum absolute atomic E-state index is 9.74. The molecule has 0 bridgehead atoms. The van der Waals surface area contributed by atoms with Crippen LogP contribution in [0.5, 0.6) is 23.0 Å². The topological polar surface area (TPSA) is 81.1 Å². The highest BCUT2D eigenvalue weighted by Crippen LogP contribution is 2.62. The Hall–Kier alpha value is -9.45. The van der Waals surface area contributed by atoms with E-state index in [-0.39, 0.29) is 0 Å². The van der Waals surface area contributed by atoms with Crippen LogP contribution in [-0.4, -0.2) is 19.1 Å². The highest BCUT2D eigenvalue weighted by molar-refractivity contribution is 6.11. The monoisotopic (exact) mass is 870 g/mol. The van der Waals surface area contributed by atoms with Crippen molar-refractivity contribution in [3.05, 3.63) is 234 Å². The van der Waals surface area contributed by atoms with E-state index in [0.717, 1.165) is 112 Å². The van der Waals surface area contributed by atoms with E-state index in [9.17, 15) is 5.26 Å². The van der Waals surface area contributed by atoms with Gasteiger partial charge < -0.3 is 23.5 Å². The molecular weight excluding hydrogens is 837 g/mol. The van der Waals surface area contributed by atoms with Gasteiger partial charge >= 0.3 is 0 Å². The van der Waals surface area contributed by atoms with Gasteiger partial charge in [-0.3, -0.25) is 9.97 Å². The number of rotatable bonds is 3. The quantitative estimate of drug-likeness (QED) is 0.176. The summed E-state index contributed by atoms with van der Waals surface area (Å²) in [5.74, 6) is 2.93. The summed E-state index contributed by atoms with van der Waals surface area (Å²) in [6, 6.07) is 70.0. The fourth-order valence-electron chi connectivity index (χ4n) is 11.5. The summed E-state index contributed by atoms with van der Waals surface area (Å²) in [7, 11) is 0. The highest BCUT2D eigenvalue weighted by Gasteiger charge is 2.52. The van der Waals surface area contributed by atoms with Crippen LogP contribution in [0.2, 0.25) is 0 Å². The number of anilines is 3. The Morgan fingerprint density at radius 3 is 1.81 bits per heavy atom. The standard InChI is InChI=1S/C60H34N6O2/c61-34-36-23-27-53-57(30-36)68-55-22-10-8-20-52(55)65(53)37-25-28-51-43(31-37)42-14-3-7-19-50(42)64(51)38-24-26-45-56(33-38)67-54-21-9-4-15-44(54)60(45)46-16-11-29-62-58(46)59-47(60)32-39(35-63-59)66-48-17-5-1-12-40(48)41-13-2-6-18-49(41)66/h1-33,35H. The number of nitriles is 1. The van der Waals surface area contributed by atoms with Gasteiger partial charge in [0.15, 0.2) is 11.5 Å². The van der Waals surface area contributed by atoms with Crippen LogP contribution in [0.15, 0.2) is 207 Å². The molecule has 1 spiro atoms. The Kier molecular flexibility index (Phi) is 7.34. The molecule has 1 atom stereocenters. The summed E-state index contributed by atoms with van der Waals surface area (Å²) in [5, 5.41) is 14.4. The number of fused-ring (bicyclic) bond motifs is 17. The number of ether oxygens (including phenoxy) is 2. The second-order valence-electron chi connectivity index (χ2n) is 17.6. The minimum Gasteiger partial charge on any atom is -0.457 e. The van der Waals surface area contributed by atoms with Crippen molar-refractivity contribution in [1.29, 1.82) is 5.26 Å². The van der Waals surface area contributed by atoms with E-state index >= 15 is 0 Å². The largest absolute Gasteiger partial charge is 0.457 e. The van der Waals surface area contributed by atoms with Gasteiger partial charge in [0.25, 0.3) is 0 Å². The third-order valence-corrected chi connectivity index (χ3v) is 14.3. The third kappa shape index (κ3) is 4.81. The number of pyridine rings is 2. The Morgan fingerprint density at radius 2 is 1.01 bits per heavy atom. The average Bonchev–Trinajstić information content (AvgIpc) is 4.01. The number of aromatic nitrogens is 4. The first-order valence-electron chi connectivity index (χ1n) is 22.7. The van der Waals surface area contributed by atoms with Gasteiger partial charge in [0.1, 0.15) is 11.5 Å². The minimum atomic E-state index is -0.780. The minimum absolute atomic E-state index is 0.545. The van der Waals surface area contributed by atoms with Crippen molar-refractivity contribution in [2.75, 3.05) is 4.90 Å². The number of hydrogen-bond acceptors (Lipinski definition) is 6. The van der Waals surface area contributed by atoms with Crippen molar-refractivity contribution in [1.82, 2.24) is 19.1 Å². The van der Waals surface area contributed by atoms with Crippen molar-refractivity contribution in [3.63, 3.8) is 0 Å². The van der Waals surface area contributed by atoms with Crippen molar-refractivity contribution < 1.29 is 9.47 Å². The van der Waals surface area contributed by atoms with Crippen LogP contribution < -0.4 is 14.4 Å². The molecule has 0 fully saturated rings. The predicted molar refractivity (Wildman–Crippen MR) is 268 cm³/mol. The highest BCUT2D eigenvalue weighted by atomic mass is 16.5. The lowest BCUT2D eigenvalue weighted by Crippen LogP contribution is -2.32. The molecule has 8 heteroatoms. The van der Waals surface area contributed by atoms with E-state index in [4.69, 9.17) is 19.4 Å². The van der Waals surface area contributed by atoms with Crippen molar-refractivity contribution in [2.45, 2.75) is 5.41 Å². The van der Waals surface area contributed by atoms with E-state index in [2.05, 4.69) is 166 Å². The zero-order valence-corrected chi connectivity index (χ0v) is 36.1. The third-order valence-electron chi connectivity index (χ3n) is 14.3. The molecule has 1 aliphatic carbocycles. The molecule has 15 rings (SSSR count). The van der Waals surface area contributed by atoms with E-state index in [0.29, 0.717) is 11.3 Å². The molecule has 316 valence electrons. The van der Waals surface area contributed by atoms with E-state index in [1.54, 1.807) is 0 Å². The smallest absolute Gasteiger partial charge is 0.152 e. The zero-order valence-electron chi connectivity index (χ0n) is 36.1. The molecule has 2 aliphatic heterocycles. The van der Waals surface area contributed by atoms with Gasteiger partial charge in [-0.2, -0.15) is 5.26 Å². The summed E-state index contributed by atoms with van der Waals surface area (Å²) in [6.45, 7) is 0. The van der Waals surface area contributed by atoms with Crippen molar-refractivity contribution in [2.24, 2.45) is 0 Å². The first-order valence-corrected chi connectivity index (χ1v) is 22.7. The fraction of sp³-hybridized carbons (Fsp3) is 0.0167. The molecule has 0 radical (unpaired) electrons. The number of nitrogens with zero attached hydrogens (tertiary/aromatic N) is 6. The number of hydrogen-bond donors (Lipinski definition) is 0. The molecule has 1 unspecified atom stereocenters. The van der Waals surface area contributed by atoms with Crippen LogP contribution in [-0.2, 0) is 5.41 Å². The Labute approximate surface area is 389 Å². The van der Waals surface area contributed by atoms with Gasteiger partial charge in [0, 0.05) is 67.9 Å². The molecule has 8 aromatic carbocycles. The van der Waals surface area contributed by atoms with E-state index in [1.165, 1.54) is 10.8 Å². The summed E-state index contributed by atoms with van der Waals surface area (Å²) >= 11 is 0.